The molecule has 2 aromatic rings. The number of hydrogen-bond acceptors (Lipinski definition) is 5. The van der Waals surface area contributed by atoms with Crippen LogP contribution in [0.1, 0.15) is 5.56 Å². The molecule has 0 aliphatic rings. The highest BCUT2D eigenvalue weighted by Gasteiger charge is 2.07. The van der Waals surface area contributed by atoms with Gasteiger partial charge in [0.15, 0.2) is 0 Å². The molecule has 1 aromatic heterocycles. The first-order chi connectivity index (χ1) is 10.1. The van der Waals surface area contributed by atoms with Gasteiger partial charge in [0.25, 0.3) is 0 Å². The molecule has 0 aliphatic carbocycles. The fourth-order valence-electron chi connectivity index (χ4n) is 1.73. The van der Waals surface area contributed by atoms with Crippen molar-refractivity contribution in [3.63, 3.8) is 0 Å². The highest BCUT2D eigenvalue weighted by molar-refractivity contribution is 8.00. The first kappa shape index (κ1) is 15.1. The lowest BCUT2D eigenvalue weighted by atomic mass is 10.2. The molecule has 0 atom stereocenters. The van der Waals surface area contributed by atoms with E-state index >= 15 is 0 Å². The molecule has 6 nitrogen and oxygen atoms in total. The van der Waals surface area contributed by atoms with Crippen LogP contribution in [0.3, 0.4) is 0 Å². The van der Waals surface area contributed by atoms with E-state index in [0.717, 1.165) is 17.3 Å². The number of anilines is 1. The number of thioether (sulfide) groups is 1. The highest BCUT2D eigenvalue weighted by atomic mass is 32.2. The molecule has 21 heavy (non-hydrogen) atoms. The van der Waals surface area contributed by atoms with E-state index in [0.29, 0.717) is 12.4 Å². The summed E-state index contributed by atoms with van der Waals surface area (Å²) in [7, 11) is 0. The number of benzene rings is 1. The van der Waals surface area contributed by atoms with Gasteiger partial charge in [-0.15, -0.1) is 11.8 Å². The van der Waals surface area contributed by atoms with Gasteiger partial charge in [0.2, 0.25) is 5.91 Å². The predicted octanol–water partition coefficient (Wildman–Crippen LogP) is 0.353. The van der Waals surface area contributed by atoms with Gasteiger partial charge in [0.1, 0.15) is 5.82 Å². The van der Waals surface area contributed by atoms with Crippen LogP contribution in [0.2, 0.25) is 0 Å². The topological polar surface area (TPSA) is 87.0 Å². The van der Waals surface area contributed by atoms with E-state index in [9.17, 15) is 14.7 Å². The van der Waals surface area contributed by atoms with Crippen LogP contribution in [0.25, 0.3) is 0 Å². The minimum Gasteiger partial charge on any atom is -0.549 e. The van der Waals surface area contributed by atoms with E-state index in [4.69, 9.17) is 0 Å². The van der Waals surface area contributed by atoms with Crippen molar-refractivity contribution in [2.24, 2.45) is 0 Å². The molecule has 2 rings (SSSR count). The number of carbonyl (C=O) groups is 2. The van der Waals surface area contributed by atoms with Crippen LogP contribution >= 0.6 is 11.8 Å². The summed E-state index contributed by atoms with van der Waals surface area (Å²) in [6, 6.07) is 11.5. The monoisotopic (exact) mass is 304 g/mol. The number of rotatable bonds is 7. The van der Waals surface area contributed by atoms with Crippen molar-refractivity contribution in [2.75, 3.05) is 16.8 Å². The lowest BCUT2D eigenvalue weighted by Gasteiger charge is -2.09. The lowest BCUT2D eigenvalue weighted by molar-refractivity contribution is -0.301. The molecular weight excluding hydrogens is 290 g/mol. The van der Waals surface area contributed by atoms with Gasteiger partial charge < -0.3 is 15.2 Å². The largest absolute Gasteiger partial charge is 0.549 e. The average molecular weight is 304 g/mol. The van der Waals surface area contributed by atoms with Gasteiger partial charge in [-0.1, -0.05) is 30.3 Å². The Labute approximate surface area is 126 Å². The van der Waals surface area contributed by atoms with E-state index in [1.807, 2.05) is 30.3 Å². The maximum absolute atomic E-state index is 11.7. The second-order valence-corrected chi connectivity index (χ2v) is 5.26. The molecule has 1 N–H and O–H groups in total. The normalized spacial score (nSPS) is 10.3. The van der Waals surface area contributed by atoms with Crippen LogP contribution in [0, 0.1) is 0 Å². The summed E-state index contributed by atoms with van der Waals surface area (Å²) in [5, 5.41) is 17.2. The number of hydrogen-bond donors (Lipinski definition) is 1. The molecule has 0 saturated carbocycles. The molecule has 0 fully saturated rings. The zero-order valence-electron chi connectivity index (χ0n) is 11.2. The summed E-state index contributed by atoms with van der Waals surface area (Å²) in [5.74, 6) is -1.00. The number of aliphatic carboxylic acids is 1. The van der Waals surface area contributed by atoms with Gasteiger partial charge in [-0.3, -0.25) is 4.79 Å². The SMILES string of the molecule is O=C([O-])CSCC(=O)Nc1ccnn1Cc1ccccc1. The number of nitrogens with zero attached hydrogens (tertiary/aromatic N) is 2. The molecule has 7 heteroatoms. The van der Waals surface area contributed by atoms with Gasteiger partial charge in [-0.25, -0.2) is 4.68 Å². The van der Waals surface area contributed by atoms with Crippen LogP contribution < -0.4 is 10.4 Å². The average Bonchev–Trinajstić information content (AvgIpc) is 2.86. The molecule has 0 saturated heterocycles. The molecule has 0 radical (unpaired) electrons. The van der Waals surface area contributed by atoms with Gasteiger partial charge in [-0.05, 0) is 5.56 Å². The maximum Gasteiger partial charge on any atom is 0.235 e. The number of nitrogens with one attached hydrogen (secondary N) is 1. The second-order valence-electron chi connectivity index (χ2n) is 4.27. The molecular formula is C14H14N3O3S-. The lowest BCUT2D eigenvalue weighted by Crippen LogP contribution is -2.26. The highest BCUT2D eigenvalue weighted by Crippen LogP contribution is 2.11. The maximum atomic E-state index is 11.7. The molecule has 1 amide bonds. The second kappa shape index (κ2) is 7.49. The third kappa shape index (κ3) is 4.96. The van der Waals surface area contributed by atoms with E-state index in [-0.39, 0.29) is 17.4 Å². The van der Waals surface area contributed by atoms with E-state index < -0.39 is 5.97 Å². The Morgan fingerprint density at radius 1 is 1.19 bits per heavy atom. The molecule has 1 aromatic carbocycles. The molecule has 110 valence electrons. The van der Waals surface area contributed by atoms with Gasteiger partial charge in [0, 0.05) is 11.8 Å². The zero-order valence-corrected chi connectivity index (χ0v) is 12.0. The Hall–Kier alpha value is -2.28. The quantitative estimate of drug-likeness (QED) is 0.797. The number of amides is 1. The molecule has 0 unspecified atom stereocenters. The summed E-state index contributed by atoms with van der Waals surface area (Å²) in [5.41, 5.74) is 1.07. The molecule has 0 aliphatic heterocycles. The van der Waals surface area contributed by atoms with Crippen molar-refractivity contribution >= 4 is 29.5 Å². The van der Waals surface area contributed by atoms with Crippen molar-refractivity contribution < 1.29 is 14.7 Å². The van der Waals surface area contributed by atoms with Crippen molar-refractivity contribution in [3.05, 3.63) is 48.2 Å². The summed E-state index contributed by atoms with van der Waals surface area (Å²) >= 11 is 0.997. The van der Waals surface area contributed by atoms with Gasteiger partial charge in [-0.2, -0.15) is 5.10 Å². The van der Waals surface area contributed by atoms with Crippen LogP contribution in [0.15, 0.2) is 42.6 Å². The predicted molar refractivity (Wildman–Crippen MR) is 78.7 cm³/mol. The Kier molecular flexibility index (Phi) is 5.39. The van der Waals surface area contributed by atoms with E-state index in [1.165, 1.54) is 0 Å². The summed E-state index contributed by atoms with van der Waals surface area (Å²) in [6.45, 7) is 0.551. The fourth-order valence-corrected chi connectivity index (χ4v) is 2.25. The van der Waals surface area contributed by atoms with Crippen LogP contribution in [-0.2, 0) is 16.1 Å². The third-order valence-electron chi connectivity index (χ3n) is 2.61. The summed E-state index contributed by atoms with van der Waals surface area (Å²) in [4.78, 5) is 22.0. The van der Waals surface area contributed by atoms with Crippen molar-refractivity contribution in [2.45, 2.75) is 6.54 Å². The Balaban J connectivity index is 1.91. The summed E-state index contributed by atoms with van der Waals surface area (Å²) < 4.78 is 1.68. The Bertz CT molecular complexity index is 613. The third-order valence-corrected chi connectivity index (χ3v) is 3.52. The molecule has 1 heterocycles. The number of aromatic nitrogens is 2. The fraction of sp³-hybridized carbons (Fsp3) is 0.214. The number of carboxylic acids is 1. The van der Waals surface area contributed by atoms with Crippen LogP contribution in [0.4, 0.5) is 5.82 Å². The van der Waals surface area contributed by atoms with Crippen molar-refractivity contribution in [1.82, 2.24) is 9.78 Å². The first-order valence-electron chi connectivity index (χ1n) is 6.28. The smallest absolute Gasteiger partial charge is 0.235 e. The zero-order chi connectivity index (χ0) is 15.1. The van der Waals surface area contributed by atoms with Crippen molar-refractivity contribution in [1.29, 1.82) is 0 Å². The van der Waals surface area contributed by atoms with E-state index in [1.54, 1.807) is 16.9 Å². The minimum absolute atomic E-state index is 0.0600. The first-order valence-corrected chi connectivity index (χ1v) is 7.44. The standard InChI is InChI=1S/C14H15N3O3S/c18-13(9-21-10-14(19)20)16-12-6-7-15-17(12)8-11-4-2-1-3-5-11/h1-7H,8-10H2,(H,16,18)(H,19,20)/p-1. The number of carboxylic acid groups (broad SMARTS) is 1. The summed E-state index contributed by atoms with van der Waals surface area (Å²) in [6.07, 6.45) is 1.60. The minimum atomic E-state index is -1.18. The van der Waals surface area contributed by atoms with Crippen LogP contribution in [0.5, 0.6) is 0 Å². The van der Waals surface area contributed by atoms with E-state index in [2.05, 4.69) is 10.4 Å². The number of carbonyl (C=O) groups excluding carboxylic acids is 2. The van der Waals surface area contributed by atoms with Gasteiger partial charge >= 0.3 is 0 Å². The molecule has 0 spiro atoms. The Morgan fingerprint density at radius 2 is 1.95 bits per heavy atom. The molecule has 0 bridgehead atoms. The van der Waals surface area contributed by atoms with Crippen LogP contribution in [-0.4, -0.2) is 33.2 Å². The van der Waals surface area contributed by atoms with Crippen molar-refractivity contribution in [3.8, 4) is 0 Å². The van der Waals surface area contributed by atoms with Gasteiger partial charge in [0.05, 0.1) is 24.5 Å². The Morgan fingerprint density at radius 3 is 2.67 bits per heavy atom.